The second-order valence-corrected chi connectivity index (χ2v) is 12.8. The van der Waals surface area contributed by atoms with E-state index in [0.29, 0.717) is 47.9 Å². The number of carbonyl (C=O) groups is 3. The fraction of sp³-hybridized carbons (Fsp3) is 0.303. The number of nitrogens with zero attached hydrogens (tertiary/aromatic N) is 7. The van der Waals surface area contributed by atoms with Crippen molar-refractivity contribution >= 4 is 66.0 Å². The Morgan fingerprint density at radius 1 is 0.800 bits per heavy atom. The smallest absolute Gasteiger partial charge is 0.410 e. The van der Waals surface area contributed by atoms with E-state index in [2.05, 4.69) is 25.5 Å². The molecule has 0 unspecified atom stereocenters. The maximum absolute atomic E-state index is 11.9. The lowest BCUT2D eigenvalue weighted by Crippen LogP contribution is -2.56. The third kappa shape index (κ3) is 11.4. The van der Waals surface area contributed by atoms with Crippen molar-refractivity contribution in [1.82, 2.24) is 39.7 Å². The van der Waals surface area contributed by atoms with E-state index in [1.807, 2.05) is 24.3 Å². The lowest BCUT2D eigenvalue weighted by molar-refractivity contribution is -0.150. The molecule has 50 heavy (non-hydrogen) atoms. The minimum absolute atomic E-state index is 0. The summed E-state index contributed by atoms with van der Waals surface area (Å²) in [5.74, 6) is 0.126. The Labute approximate surface area is 304 Å². The number of halogens is 3. The zero-order valence-corrected chi connectivity index (χ0v) is 29.6. The van der Waals surface area contributed by atoms with Gasteiger partial charge in [0.05, 0.1) is 13.1 Å². The molecule has 0 aliphatic carbocycles. The summed E-state index contributed by atoms with van der Waals surface area (Å²) in [5, 5.41) is 12.7. The normalized spacial score (nSPS) is 14.6. The monoisotopic (exact) mass is 744 g/mol. The number of hydrogen-bond acceptors (Lipinski definition) is 11. The molecule has 264 valence electrons. The van der Waals surface area contributed by atoms with Gasteiger partial charge in [0.15, 0.2) is 11.6 Å². The summed E-state index contributed by atoms with van der Waals surface area (Å²) in [6.07, 6.45) is 7.76. The standard InChI is InChI=1S/C19H21ClN4O4.C14H13ClN4O2.ClH/c1-19(2,3)28-18(26)23-10-15(11-23)27-16(25)7-8-24-12-21-17(22-24)13-5-4-6-14(20)9-13;15-11-3-1-2-10(6-11)14-17-9-19(18-14)5-4-13(20)21-12-7-16-8-12;/h4-9,12,15H,10-11H2,1-3H3;1-6,9,12,16H,7-8H2;1H/b8-7+;5-4+;. The average molecular weight is 746 g/mol. The number of benzene rings is 2. The molecule has 1 N–H and O–H groups in total. The minimum atomic E-state index is -0.552. The van der Waals surface area contributed by atoms with E-state index in [4.69, 9.17) is 37.4 Å². The quantitative estimate of drug-likeness (QED) is 0.143. The number of hydrogen-bond donors (Lipinski definition) is 1. The third-order valence-electron chi connectivity index (χ3n) is 6.72. The zero-order chi connectivity index (χ0) is 35.0. The fourth-order valence-corrected chi connectivity index (χ4v) is 4.61. The van der Waals surface area contributed by atoms with Gasteiger partial charge in [0.25, 0.3) is 0 Å². The van der Waals surface area contributed by atoms with Crippen molar-refractivity contribution in [3.8, 4) is 22.8 Å². The Hall–Kier alpha value is -4.76. The Morgan fingerprint density at radius 3 is 1.70 bits per heavy atom. The van der Waals surface area contributed by atoms with E-state index >= 15 is 0 Å². The van der Waals surface area contributed by atoms with E-state index in [1.165, 1.54) is 51.5 Å². The van der Waals surface area contributed by atoms with Crippen molar-refractivity contribution in [1.29, 1.82) is 0 Å². The molecule has 2 aromatic heterocycles. The van der Waals surface area contributed by atoms with E-state index in [1.54, 1.807) is 45.0 Å². The molecule has 2 aliphatic heterocycles. The van der Waals surface area contributed by atoms with Crippen molar-refractivity contribution in [3.05, 3.63) is 83.4 Å². The Balaban J connectivity index is 0.000000229. The van der Waals surface area contributed by atoms with Crippen LogP contribution in [0.3, 0.4) is 0 Å². The van der Waals surface area contributed by atoms with Crippen LogP contribution in [-0.4, -0.2) is 96.4 Å². The summed E-state index contributed by atoms with van der Waals surface area (Å²) in [7, 11) is 0. The predicted molar refractivity (Wildman–Crippen MR) is 189 cm³/mol. The molecule has 0 spiro atoms. The Bertz CT molecular complexity index is 1840. The van der Waals surface area contributed by atoms with E-state index in [-0.39, 0.29) is 30.6 Å². The first kappa shape index (κ1) is 38.0. The van der Waals surface area contributed by atoms with E-state index in [9.17, 15) is 14.4 Å². The van der Waals surface area contributed by atoms with Crippen LogP contribution in [0.5, 0.6) is 0 Å². The molecule has 0 atom stereocenters. The van der Waals surface area contributed by atoms with Crippen molar-refractivity contribution < 1.29 is 28.6 Å². The molecule has 2 saturated heterocycles. The van der Waals surface area contributed by atoms with Crippen LogP contribution in [0.25, 0.3) is 35.2 Å². The molecule has 6 rings (SSSR count). The SMILES string of the molecule is CC(C)(C)OC(=O)N1CC(OC(=O)/C=C/n2cnc(-c3cccc(Cl)c3)n2)C1.Cl.O=C(/C=C/n1cnc(-c2cccc(Cl)c2)n1)OC1CNC1. The van der Waals surface area contributed by atoms with Crippen LogP contribution >= 0.6 is 35.6 Å². The van der Waals surface area contributed by atoms with Gasteiger partial charge in [-0.15, -0.1) is 22.6 Å². The van der Waals surface area contributed by atoms with Gasteiger partial charge in [-0.3, -0.25) is 0 Å². The predicted octanol–water partition coefficient (Wildman–Crippen LogP) is 5.24. The van der Waals surface area contributed by atoms with Crippen LogP contribution in [0.4, 0.5) is 4.79 Å². The molecule has 2 aliphatic rings. The fourth-order valence-electron chi connectivity index (χ4n) is 4.23. The molecular formula is C33H35Cl3N8O6. The number of likely N-dealkylation sites (tertiary alicyclic amines) is 1. The molecule has 2 fully saturated rings. The van der Waals surface area contributed by atoms with Gasteiger partial charge in [0.2, 0.25) is 0 Å². The molecule has 4 heterocycles. The Morgan fingerprint density at radius 2 is 1.28 bits per heavy atom. The van der Waals surface area contributed by atoms with Crippen molar-refractivity contribution in [2.24, 2.45) is 0 Å². The number of ether oxygens (including phenoxy) is 3. The molecule has 2 aromatic carbocycles. The van der Waals surface area contributed by atoms with Crippen molar-refractivity contribution in [2.45, 2.75) is 38.6 Å². The molecule has 14 nitrogen and oxygen atoms in total. The number of esters is 2. The van der Waals surface area contributed by atoms with Gasteiger partial charge in [-0.25, -0.2) is 33.7 Å². The number of rotatable bonds is 8. The summed E-state index contributed by atoms with van der Waals surface area (Å²) < 4.78 is 18.5. The van der Waals surface area contributed by atoms with Gasteiger partial charge in [0.1, 0.15) is 30.5 Å². The molecule has 0 radical (unpaired) electrons. The van der Waals surface area contributed by atoms with Crippen LogP contribution in [0.1, 0.15) is 20.8 Å². The summed E-state index contributed by atoms with van der Waals surface area (Å²) in [4.78, 5) is 45.1. The third-order valence-corrected chi connectivity index (χ3v) is 7.19. The first-order valence-corrected chi connectivity index (χ1v) is 16.0. The summed E-state index contributed by atoms with van der Waals surface area (Å²) in [6, 6.07) is 14.4. The number of aromatic nitrogens is 6. The van der Waals surface area contributed by atoms with Crippen LogP contribution in [-0.2, 0) is 23.8 Å². The van der Waals surface area contributed by atoms with Crippen molar-refractivity contribution in [3.63, 3.8) is 0 Å². The highest BCUT2D eigenvalue weighted by molar-refractivity contribution is 6.31. The van der Waals surface area contributed by atoms with Crippen LogP contribution < -0.4 is 5.32 Å². The molecule has 0 bridgehead atoms. The summed E-state index contributed by atoms with van der Waals surface area (Å²) in [5.41, 5.74) is 1.04. The minimum Gasteiger partial charge on any atom is -0.456 e. The maximum Gasteiger partial charge on any atom is 0.410 e. The van der Waals surface area contributed by atoms with Gasteiger partial charge in [-0.2, -0.15) is 0 Å². The van der Waals surface area contributed by atoms with Gasteiger partial charge in [0, 0.05) is 58.8 Å². The number of nitrogens with one attached hydrogen (secondary N) is 1. The maximum atomic E-state index is 11.9. The van der Waals surface area contributed by atoms with E-state index in [0.717, 1.165) is 11.1 Å². The number of amides is 1. The van der Waals surface area contributed by atoms with Gasteiger partial charge in [-0.1, -0.05) is 47.5 Å². The number of carbonyl (C=O) groups excluding carboxylic acids is 3. The summed E-state index contributed by atoms with van der Waals surface area (Å²) >= 11 is 11.9. The lowest BCUT2D eigenvalue weighted by Gasteiger charge is -2.38. The zero-order valence-electron chi connectivity index (χ0n) is 27.3. The molecule has 1 amide bonds. The summed E-state index contributed by atoms with van der Waals surface area (Å²) in [6.45, 7) is 7.45. The van der Waals surface area contributed by atoms with Crippen LogP contribution in [0.15, 0.2) is 73.3 Å². The average Bonchev–Trinajstić information content (AvgIpc) is 3.68. The largest absolute Gasteiger partial charge is 0.456 e. The molecule has 17 heteroatoms. The van der Waals surface area contributed by atoms with Gasteiger partial charge < -0.3 is 24.4 Å². The molecule has 4 aromatic rings. The highest BCUT2D eigenvalue weighted by atomic mass is 35.5. The second kappa shape index (κ2) is 17.3. The van der Waals surface area contributed by atoms with Gasteiger partial charge in [-0.05, 0) is 45.0 Å². The van der Waals surface area contributed by atoms with Crippen LogP contribution in [0, 0.1) is 0 Å². The second-order valence-electron chi connectivity index (χ2n) is 11.9. The Kier molecular flexibility index (Phi) is 13.1. The first-order chi connectivity index (χ1) is 23.4. The van der Waals surface area contributed by atoms with Crippen molar-refractivity contribution in [2.75, 3.05) is 26.2 Å². The van der Waals surface area contributed by atoms with Gasteiger partial charge >= 0.3 is 18.0 Å². The highest BCUT2D eigenvalue weighted by Gasteiger charge is 2.35. The molecular weight excluding hydrogens is 711 g/mol. The highest BCUT2D eigenvalue weighted by Crippen LogP contribution is 2.21. The molecule has 0 saturated carbocycles. The van der Waals surface area contributed by atoms with Crippen LogP contribution in [0.2, 0.25) is 10.0 Å². The lowest BCUT2D eigenvalue weighted by atomic mass is 10.2. The topological polar surface area (TPSA) is 156 Å². The van der Waals surface area contributed by atoms with E-state index < -0.39 is 17.7 Å². The first-order valence-electron chi connectivity index (χ1n) is 15.2.